The first-order valence-corrected chi connectivity index (χ1v) is 10.3. The second kappa shape index (κ2) is 6.23. The highest BCUT2D eigenvalue weighted by Crippen LogP contribution is 2.51. The van der Waals surface area contributed by atoms with E-state index in [1.165, 1.54) is 33.4 Å². The molecule has 0 aliphatic heterocycles. The predicted molar refractivity (Wildman–Crippen MR) is 118 cm³/mol. The quantitative estimate of drug-likeness (QED) is 0.514. The first-order valence-electron chi connectivity index (χ1n) is 10.3. The number of benzene rings is 2. The molecule has 2 aromatic rings. The Morgan fingerprint density at radius 3 is 1.33 bits per heavy atom. The SMILES string of the molecule is CC(C)(C)C1=C[C@@H](C[C@@H]2C=C(C(C)(C)C)c3ccccc32)c2ccccc21. The highest BCUT2D eigenvalue weighted by Gasteiger charge is 2.34. The van der Waals surface area contributed by atoms with Crippen LogP contribution < -0.4 is 0 Å². The number of hydrogen-bond acceptors (Lipinski definition) is 0. The Hall–Kier alpha value is -2.08. The third-order valence-corrected chi connectivity index (χ3v) is 6.16. The molecule has 0 amide bonds. The van der Waals surface area contributed by atoms with Crippen LogP contribution in [0.1, 0.15) is 82.1 Å². The Kier molecular flexibility index (Phi) is 4.22. The van der Waals surface area contributed by atoms with Crippen LogP contribution in [0.4, 0.5) is 0 Å². The monoisotopic (exact) mass is 356 g/mol. The molecule has 0 saturated carbocycles. The lowest BCUT2D eigenvalue weighted by molar-refractivity contribution is 0.565. The third-order valence-electron chi connectivity index (χ3n) is 6.16. The third kappa shape index (κ3) is 3.20. The van der Waals surface area contributed by atoms with Crippen LogP contribution in [0.3, 0.4) is 0 Å². The van der Waals surface area contributed by atoms with Crippen LogP contribution in [0, 0.1) is 10.8 Å². The van der Waals surface area contributed by atoms with Gasteiger partial charge in [-0.15, -0.1) is 0 Å². The summed E-state index contributed by atoms with van der Waals surface area (Å²) in [6.45, 7) is 14.0. The van der Waals surface area contributed by atoms with Crippen molar-refractivity contribution in [3.63, 3.8) is 0 Å². The van der Waals surface area contributed by atoms with Gasteiger partial charge in [-0.25, -0.2) is 0 Å². The van der Waals surface area contributed by atoms with Crippen molar-refractivity contribution < 1.29 is 0 Å². The molecule has 0 saturated heterocycles. The highest BCUT2D eigenvalue weighted by atomic mass is 14.4. The van der Waals surface area contributed by atoms with E-state index in [4.69, 9.17) is 0 Å². The van der Waals surface area contributed by atoms with Crippen molar-refractivity contribution in [2.45, 2.75) is 59.8 Å². The first kappa shape index (κ1) is 18.3. The zero-order valence-electron chi connectivity index (χ0n) is 17.6. The maximum Gasteiger partial charge on any atom is 0.00390 e. The van der Waals surface area contributed by atoms with E-state index in [0.29, 0.717) is 11.8 Å². The summed E-state index contributed by atoms with van der Waals surface area (Å²) in [5, 5.41) is 0. The summed E-state index contributed by atoms with van der Waals surface area (Å²) in [5.74, 6) is 1.01. The van der Waals surface area contributed by atoms with Crippen LogP contribution in [0.2, 0.25) is 0 Å². The first-order chi connectivity index (χ1) is 12.7. The molecule has 0 spiro atoms. The minimum absolute atomic E-state index is 0.185. The Morgan fingerprint density at radius 1 is 0.593 bits per heavy atom. The molecule has 0 unspecified atom stereocenters. The van der Waals surface area contributed by atoms with Gasteiger partial charge in [-0.2, -0.15) is 0 Å². The second-order valence-electron chi connectivity index (χ2n) is 10.3. The fourth-order valence-electron chi connectivity index (χ4n) is 4.86. The van der Waals surface area contributed by atoms with Gasteiger partial charge in [0.1, 0.15) is 0 Å². The topological polar surface area (TPSA) is 0 Å². The molecule has 0 heteroatoms. The lowest BCUT2D eigenvalue weighted by atomic mass is 9.83. The van der Waals surface area contributed by atoms with E-state index in [-0.39, 0.29) is 10.8 Å². The minimum atomic E-state index is 0.185. The van der Waals surface area contributed by atoms with Gasteiger partial charge in [-0.1, -0.05) is 102 Å². The predicted octanol–water partition coefficient (Wildman–Crippen LogP) is 7.83. The number of allylic oxidation sites excluding steroid dienone is 4. The summed E-state index contributed by atoms with van der Waals surface area (Å²) in [7, 11) is 0. The molecular formula is C27H32. The van der Waals surface area contributed by atoms with Gasteiger partial charge in [0.05, 0.1) is 0 Å². The molecule has 4 rings (SSSR count). The van der Waals surface area contributed by atoms with Crippen molar-refractivity contribution in [1.29, 1.82) is 0 Å². The van der Waals surface area contributed by atoms with E-state index in [2.05, 4.69) is 102 Å². The summed E-state index contributed by atoms with van der Waals surface area (Å²) in [6, 6.07) is 18.1. The van der Waals surface area contributed by atoms with Crippen molar-refractivity contribution in [2.24, 2.45) is 10.8 Å². The van der Waals surface area contributed by atoms with Gasteiger partial charge in [0.15, 0.2) is 0 Å². The van der Waals surface area contributed by atoms with E-state index in [1.54, 1.807) is 0 Å². The van der Waals surface area contributed by atoms with Gasteiger partial charge in [0, 0.05) is 11.8 Å². The molecule has 0 fully saturated rings. The molecule has 0 N–H and O–H groups in total. The van der Waals surface area contributed by atoms with Crippen LogP contribution >= 0.6 is 0 Å². The van der Waals surface area contributed by atoms with Crippen molar-refractivity contribution in [1.82, 2.24) is 0 Å². The number of fused-ring (bicyclic) bond motifs is 2. The normalized spacial score (nSPS) is 21.6. The van der Waals surface area contributed by atoms with Crippen molar-refractivity contribution >= 4 is 11.1 Å². The van der Waals surface area contributed by atoms with Crippen molar-refractivity contribution in [3.8, 4) is 0 Å². The van der Waals surface area contributed by atoms with Crippen molar-refractivity contribution in [3.05, 3.63) is 82.9 Å². The molecule has 0 bridgehead atoms. The molecule has 0 heterocycles. The average Bonchev–Trinajstić information content (AvgIpc) is 3.15. The fraction of sp³-hybridized carbons (Fsp3) is 0.407. The fourth-order valence-corrected chi connectivity index (χ4v) is 4.86. The van der Waals surface area contributed by atoms with E-state index < -0.39 is 0 Å². The maximum absolute atomic E-state index is 2.55. The summed E-state index contributed by atoms with van der Waals surface area (Å²) >= 11 is 0. The summed E-state index contributed by atoms with van der Waals surface area (Å²) < 4.78 is 0. The molecule has 140 valence electrons. The smallest absolute Gasteiger partial charge is 0.00390 e. The molecule has 2 aliphatic rings. The van der Waals surface area contributed by atoms with E-state index in [9.17, 15) is 0 Å². The number of rotatable bonds is 2. The molecule has 2 aliphatic carbocycles. The Bertz CT molecular complexity index is 847. The summed E-state index contributed by atoms with van der Waals surface area (Å²) in [6.07, 6.45) is 6.26. The molecule has 27 heavy (non-hydrogen) atoms. The second-order valence-corrected chi connectivity index (χ2v) is 10.3. The Morgan fingerprint density at radius 2 is 0.963 bits per heavy atom. The van der Waals surface area contributed by atoms with Crippen LogP contribution in [-0.2, 0) is 0 Å². The largest absolute Gasteiger partial charge is 0.0726 e. The van der Waals surface area contributed by atoms with Gasteiger partial charge < -0.3 is 0 Å². The van der Waals surface area contributed by atoms with E-state index in [0.717, 1.165) is 6.42 Å². The maximum atomic E-state index is 2.55. The van der Waals surface area contributed by atoms with Gasteiger partial charge in [-0.3, -0.25) is 0 Å². The van der Waals surface area contributed by atoms with Crippen LogP contribution in [0.25, 0.3) is 11.1 Å². The molecule has 0 radical (unpaired) electrons. The van der Waals surface area contributed by atoms with E-state index in [1.807, 2.05) is 0 Å². The zero-order valence-corrected chi connectivity index (χ0v) is 17.6. The van der Waals surface area contributed by atoms with Gasteiger partial charge in [-0.05, 0) is 50.7 Å². The molecular weight excluding hydrogens is 324 g/mol. The Labute approximate surface area is 165 Å². The number of hydrogen-bond donors (Lipinski definition) is 0. The Balaban J connectivity index is 1.73. The molecule has 0 aromatic heterocycles. The molecule has 0 nitrogen and oxygen atoms in total. The summed E-state index contributed by atoms with van der Waals surface area (Å²) in [4.78, 5) is 0. The molecule has 2 atom stereocenters. The lowest BCUT2D eigenvalue weighted by Gasteiger charge is -2.21. The minimum Gasteiger partial charge on any atom is -0.0726 e. The van der Waals surface area contributed by atoms with Crippen molar-refractivity contribution in [2.75, 3.05) is 0 Å². The van der Waals surface area contributed by atoms with Crippen LogP contribution in [-0.4, -0.2) is 0 Å². The van der Waals surface area contributed by atoms with Gasteiger partial charge >= 0.3 is 0 Å². The zero-order chi connectivity index (χ0) is 19.4. The highest BCUT2D eigenvalue weighted by molar-refractivity contribution is 5.79. The van der Waals surface area contributed by atoms with Crippen LogP contribution in [0.5, 0.6) is 0 Å². The van der Waals surface area contributed by atoms with Crippen LogP contribution in [0.15, 0.2) is 60.7 Å². The van der Waals surface area contributed by atoms with Gasteiger partial charge in [0.2, 0.25) is 0 Å². The standard InChI is InChI=1S/C27H32/c1-26(2,3)24-16-18(20-11-7-9-13-22(20)24)15-19-17-25(27(4,5)6)23-14-10-8-12-21(19)23/h7-14,16-19H,15H2,1-6H3/t18-,19-/m1/s1. The van der Waals surface area contributed by atoms with Gasteiger partial charge in [0.25, 0.3) is 0 Å². The summed E-state index contributed by atoms with van der Waals surface area (Å²) in [5.41, 5.74) is 9.33. The molecule has 2 aromatic carbocycles. The lowest BCUT2D eigenvalue weighted by Crippen LogP contribution is -2.06. The average molecular weight is 357 g/mol. The van der Waals surface area contributed by atoms with E-state index >= 15 is 0 Å².